The molecule has 0 saturated carbocycles. The van der Waals surface area contributed by atoms with Crippen molar-refractivity contribution in [2.45, 2.75) is 6.61 Å². The summed E-state index contributed by atoms with van der Waals surface area (Å²) in [5.41, 5.74) is 6.51. The van der Waals surface area contributed by atoms with Crippen LogP contribution in [0.1, 0.15) is 15.9 Å². The molecule has 0 aliphatic carbocycles. The van der Waals surface area contributed by atoms with Gasteiger partial charge in [-0.1, -0.05) is 11.6 Å². The zero-order chi connectivity index (χ0) is 18.0. The van der Waals surface area contributed by atoms with Crippen molar-refractivity contribution in [3.63, 3.8) is 0 Å². The van der Waals surface area contributed by atoms with Gasteiger partial charge in [0.2, 0.25) is 0 Å². The second kappa shape index (κ2) is 6.86. The molecule has 0 fully saturated rings. The number of methoxy groups -OCH3 is 1. The van der Waals surface area contributed by atoms with Gasteiger partial charge in [-0.15, -0.1) is 0 Å². The van der Waals surface area contributed by atoms with Crippen molar-refractivity contribution in [1.29, 1.82) is 0 Å². The highest BCUT2D eigenvalue weighted by Crippen LogP contribution is 2.24. The molecule has 1 heterocycles. The van der Waals surface area contributed by atoms with Crippen molar-refractivity contribution in [2.24, 2.45) is 0 Å². The first-order valence-electron chi connectivity index (χ1n) is 7.31. The minimum Gasteiger partial charge on any atom is -0.497 e. The number of fused-ring (bicyclic) bond motifs is 1. The van der Waals surface area contributed by atoms with Crippen LogP contribution in [0.4, 0.5) is 5.69 Å². The van der Waals surface area contributed by atoms with Gasteiger partial charge in [-0.2, -0.15) is 0 Å². The smallest absolute Gasteiger partial charge is 0.340 e. The van der Waals surface area contributed by atoms with Gasteiger partial charge in [0.25, 0.3) is 0 Å². The molecule has 25 heavy (non-hydrogen) atoms. The molecule has 7 heteroatoms. The van der Waals surface area contributed by atoms with Crippen LogP contribution in [0.5, 0.6) is 5.75 Å². The van der Waals surface area contributed by atoms with Gasteiger partial charge < -0.3 is 19.6 Å². The maximum atomic E-state index is 12.2. The van der Waals surface area contributed by atoms with Gasteiger partial charge >= 0.3 is 11.6 Å². The van der Waals surface area contributed by atoms with E-state index < -0.39 is 11.6 Å². The van der Waals surface area contributed by atoms with E-state index in [2.05, 4.69) is 0 Å². The van der Waals surface area contributed by atoms with E-state index in [1.807, 2.05) is 0 Å². The number of halogens is 1. The number of hydrogen-bond donors (Lipinski definition) is 1. The molecule has 1 aromatic heterocycles. The molecular weight excluding hydrogens is 346 g/mol. The zero-order valence-electron chi connectivity index (χ0n) is 13.2. The van der Waals surface area contributed by atoms with Crippen molar-refractivity contribution < 1.29 is 18.7 Å². The van der Waals surface area contributed by atoms with Crippen LogP contribution in [0.25, 0.3) is 11.0 Å². The molecule has 2 N–H and O–H groups in total. The van der Waals surface area contributed by atoms with Crippen LogP contribution in [-0.2, 0) is 11.3 Å². The highest BCUT2D eigenvalue weighted by atomic mass is 35.5. The summed E-state index contributed by atoms with van der Waals surface area (Å²) in [6.45, 7) is -0.112. The molecule has 0 bridgehead atoms. The lowest BCUT2D eigenvalue weighted by molar-refractivity contribution is 0.0475. The molecule has 2 aromatic carbocycles. The van der Waals surface area contributed by atoms with Crippen LogP contribution >= 0.6 is 11.6 Å². The molecule has 0 aliphatic rings. The molecule has 3 rings (SSSR count). The van der Waals surface area contributed by atoms with Gasteiger partial charge in [0, 0.05) is 33.8 Å². The van der Waals surface area contributed by atoms with Crippen LogP contribution in [0, 0.1) is 0 Å². The van der Waals surface area contributed by atoms with E-state index in [-0.39, 0.29) is 17.9 Å². The predicted octanol–water partition coefficient (Wildman–Crippen LogP) is 3.39. The summed E-state index contributed by atoms with van der Waals surface area (Å²) in [5, 5.41) is 1.02. The van der Waals surface area contributed by atoms with Gasteiger partial charge in [-0.25, -0.2) is 9.59 Å². The average molecular weight is 360 g/mol. The number of anilines is 1. The summed E-state index contributed by atoms with van der Waals surface area (Å²) in [5.74, 6) is -0.0774. The highest BCUT2D eigenvalue weighted by Gasteiger charge is 2.14. The number of carbonyl (C=O) groups is 1. The Morgan fingerprint density at radius 3 is 2.76 bits per heavy atom. The van der Waals surface area contributed by atoms with Crippen molar-refractivity contribution in [2.75, 3.05) is 12.8 Å². The summed E-state index contributed by atoms with van der Waals surface area (Å²) in [7, 11) is 1.51. The summed E-state index contributed by atoms with van der Waals surface area (Å²) < 4.78 is 15.5. The standard InChI is InChI=1S/C18H14ClNO5/c1-23-12-3-4-13-10(6-17(21)25-16(13)8-12)9-24-18(22)14-7-11(19)2-5-15(14)20/h2-8H,9,20H2,1H3. The molecule has 0 aliphatic heterocycles. The Bertz CT molecular complexity index is 1010. The highest BCUT2D eigenvalue weighted by molar-refractivity contribution is 6.31. The van der Waals surface area contributed by atoms with Crippen molar-refractivity contribution in [3.8, 4) is 5.75 Å². The lowest BCUT2D eigenvalue weighted by Gasteiger charge is -2.09. The molecule has 0 radical (unpaired) electrons. The third kappa shape index (κ3) is 3.59. The lowest BCUT2D eigenvalue weighted by Crippen LogP contribution is -2.10. The molecule has 3 aromatic rings. The summed E-state index contributed by atoms with van der Waals surface area (Å²) >= 11 is 5.88. The van der Waals surface area contributed by atoms with Crippen molar-refractivity contribution >= 4 is 34.2 Å². The molecule has 0 amide bonds. The molecule has 6 nitrogen and oxygen atoms in total. The molecule has 0 saturated heterocycles. The largest absolute Gasteiger partial charge is 0.497 e. The Morgan fingerprint density at radius 1 is 1.20 bits per heavy atom. The number of ether oxygens (including phenoxy) is 2. The Morgan fingerprint density at radius 2 is 2.00 bits per heavy atom. The number of benzene rings is 2. The monoisotopic (exact) mass is 359 g/mol. The van der Waals surface area contributed by atoms with Crippen LogP contribution in [0.3, 0.4) is 0 Å². The third-order valence-corrected chi connectivity index (χ3v) is 3.87. The normalized spacial score (nSPS) is 10.6. The van der Waals surface area contributed by atoms with E-state index in [1.54, 1.807) is 24.3 Å². The third-order valence-electron chi connectivity index (χ3n) is 3.63. The number of hydrogen-bond acceptors (Lipinski definition) is 6. The molecule has 0 atom stereocenters. The van der Waals surface area contributed by atoms with Crippen LogP contribution in [0.2, 0.25) is 5.02 Å². The first-order valence-corrected chi connectivity index (χ1v) is 7.68. The average Bonchev–Trinajstić information content (AvgIpc) is 2.60. The summed E-state index contributed by atoms with van der Waals surface area (Å²) in [4.78, 5) is 24.0. The quantitative estimate of drug-likeness (QED) is 0.436. The Kier molecular flexibility index (Phi) is 4.63. The molecule has 0 spiro atoms. The number of nitrogen functional groups attached to an aromatic ring is 1. The first kappa shape index (κ1) is 16.9. The van der Waals surface area contributed by atoms with Crippen molar-refractivity contribution in [3.05, 3.63) is 69.0 Å². The Labute approximate surface area is 147 Å². The van der Waals surface area contributed by atoms with Gasteiger partial charge in [0.05, 0.1) is 12.7 Å². The van der Waals surface area contributed by atoms with E-state index in [9.17, 15) is 9.59 Å². The number of nitrogens with two attached hydrogens (primary N) is 1. The van der Waals surface area contributed by atoms with E-state index >= 15 is 0 Å². The second-order valence-electron chi connectivity index (χ2n) is 5.26. The van der Waals surface area contributed by atoms with Gasteiger partial charge in [-0.05, 0) is 30.3 Å². The summed E-state index contributed by atoms with van der Waals surface area (Å²) in [6.07, 6.45) is 0. The van der Waals surface area contributed by atoms with E-state index in [0.29, 0.717) is 27.3 Å². The number of carbonyl (C=O) groups excluding carboxylic acids is 1. The van der Waals surface area contributed by atoms with Gasteiger partial charge in [-0.3, -0.25) is 0 Å². The van der Waals surface area contributed by atoms with Crippen LogP contribution in [-0.4, -0.2) is 13.1 Å². The van der Waals surface area contributed by atoms with E-state index in [0.717, 1.165) is 0 Å². The minimum atomic E-state index is -0.630. The van der Waals surface area contributed by atoms with Gasteiger partial charge in [0.15, 0.2) is 0 Å². The second-order valence-corrected chi connectivity index (χ2v) is 5.70. The Balaban J connectivity index is 1.89. The van der Waals surface area contributed by atoms with Crippen molar-refractivity contribution in [1.82, 2.24) is 0 Å². The number of rotatable bonds is 4. The zero-order valence-corrected chi connectivity index (χ0v) is 14.0. The summed E-state index contributed by atoms with van der Waals surface area (Å²) in [6, 6.07) is 10.9. The number of esters is 1. The minimum absolute atomic E-state index is 0.112. The maximum absolute atomic E-state index is 12.2. The molecule has 128 valence electrons. The first-order chi connectivity index (χ1) is 12.0. The predicted molar refractivity (Wildman–Crippen MR) is 94.0 cm³/mol. The molecular formula is C18H14ClNO5. The van der Waals surface area contributed by atoms with Crippen LogP contribution < -0.4 is 16.1 Å². The fourth-order valence-corrected chi connectivity index (χ4v) is 2.56. The lowest BCUT2D eigenvalue weighted by atomic mass is 10.1. The van der Waals surface area contributed by atoms with Crippen LogP contribution in [0.15, 0.2) is 51.7 Å². The Hall–Kier alpha value is -2.99. The topological polar surface area (TPSA) is 91.8 Å². The SMILES string of the molecule is COc1ccc2c(COC(=O)c3cc(Cl)ccc3N)cc(=O)oc2c1. The molecule has 0 unspecified atom stereocenters. The maximum Gasteiger partial charge on any atom is 0.340 e. The fourth-order valence-electron chi connectivity index (χ4n) is 2.38. The van der Waals surface area contributed by atoms with E-state index in [1.165, 1.54) is 25.3 Å². The fraction of sp³-hybridized carbons (Fsp3) is 0.111. The van der Waals surface area contributed by atoms with Gasteiger partial charge in [0.1, 0.15) is 17.9 Å². The van der Waals surface area contributed by atoms with E-state index in [4.69, 9.17) is 31.2 Å².